The highest BCUT2D eigenvalue weighted by atomic mass is 35.5. The van der Waals surface area contributed by atoms with Crippen molar-refractivity contribution in [3.05, 3.63) is 63.6 Å². The molecule has 0 unspecified atom stereocenters. The molecule has 2 aromatic rings. The van der Waals surface area contributed by atoms with Crippen LogP contribution < -0.4 is 10.2 Å². The van der Waals surface area contributed by atoms with Gasteiger partial charge in [0, 0.05) is 0 Å². The normalized spacial score (nSPS) is 10.7. The first-order valence-electron chi connectivity index (χ1n) is 6.51. The lowest BCUT2D eigenvalue weighted by molar-refractivity contribution is -0.123. The molecule has 0 atom stereocenters. The van der Waals surface area contributed by atoms with Crippen LogP contribution in [-0.2, 0) is 4.79 Å². The Morgan fingerprint density at radius 1 is 1.18 bits per heavy atom. The third-order valence-electron chi connectivity index (χ3n) is 2.74. The van der Waals surface area contributed by atoms with E-state index in [1.54, 1.807) is 18.2 Å². The van der Waals surface area contributed by atoms with E-state index in [2.05, 4.69) is 10.5 Å². The molecule has 0 fully saturated rings. The van der Waals surface area contributed by atoms with E-state index in [4.69, 9.17) is 27.9 Å². The van der Waals surface area contributed by atoms with Gasteiger partial charge in [0.1, 0.15) is 5.75 Å². The van der Waals surface area contributed by atoms with Gasteiger partial charge in [-0.25, -0.2) is 5.43 Å². The van der Waals surface area contributed by atoms with Gasteiger partial charge in [-0.15, -0.1) is 0 Å². The minimum atomic E-state index is -0.350. The van der Waals surface area contributed by atoms with Gasteiger partial charge in [0.05, 0.1) is 16.3 Å². The van der Waals surface area contributed by atoms with Crippen molar-refractivity contribution in [2.45, 2.75) is 6.92 Å². The molecule has 0 aliphatic carbocycles. The van der Waals surface area contributed by atoms with Crippen molar-refractivity contribution in [1.29, 1.82) is 0 Å². The molecule has 0 radical (unpaired) electrons. The second kappa shape index (κ2) is 7.82. The summed E-state index contributed by atoms with van der Waals surface area (Å²) in [5, 5.41) is 4.73. The Labute approximate surface area is 138 Å². The molecule has 0 aliphatic heterocycles. The maximum atomic E-state index is 11.6. The fourth-order valence-electron chi connectivity index (χ4n) is 1.59. The number of nitrogens with zero attached hydrogens (tertiary/aromatic N) is 1. The summed E-state index contributed by atoms with van der Waals surface area (Å²) in [6.07, 6.45) is 1.48. The van der Waals surface area contributed by atoms with E-state index in [9.17, 15) is 4.79 Å². The number of amides is 1. The first kappa shape index (κ1) is 16.3. The Balaban J connectivity index is 1.80. The molecule has 1 amide bonds. The molecular formula is C16H14Cl2N2O2. The van der Waals surface area contributed by atoms with Gasteiger partial charge in [0.25, 0.3) is 5.91 Å². The number of hydrogen-bond donors (Lipinski definition) is 1. The van der Waals surface area contributed by atoms with E-state index in [0.717, 1.165) is 11.1 Å². The summed E-state index contributed by atoms with van der Waals surface area (Å²) in [5.74, 6) is 0.283. The van der Waals surface area contributed by atoms with Crippen molar-refractivity contribution in [2.24, 2.45) is 5.10 Å². The molecule has 0 heterocycles. The highest BCUT2D eigenvalue weighted by Gasteiger charge is 2.01. The number of rotatable bonds is 5. The SMILES string of the molecule is Cc1ccc(OCC(=O)N/N=C/c2ccc(Cl)c(Cl)c2)cc1. The van der Waals surface area contributed by atoms with Crippen molar-refractivity contribution in [2.75, 3.05) is 6.61 Å². The number of hydrazone groups is 1. The smallest absolute Gasteiger partial charge is 0.277 e. The maximum absolute atomic E-state index is 11.6. The van der Waals surface area contributed by atoms with Crippen LogP contribution in [0.4, 0.5) is 0 Å². The van der Waals surface area contributed by atoms with Gasteiger partial charge in [-0.05, 0) is 36.8 Å². The van der Waals surface area contributed by atoms with E-state index in [0.29, 0.717) is 15.8 Å². The van der Waals surface area contributed by atoms with Gasteiger partial charge in [0.15, 0.2) is 6.61 Å². The van der Waals surface area contributed by atoms with Crippen LogP contribution in [-0.4, -0.2) is 18.7 Å². The first-order chi connectivity index (χ1) is 10.5. The minimum Gasteiger partial charge on any atom is -0.484 e. The molecule has 0 spiro atoms. The standard InChI is InChI=1S/C16H14Cl2N2O2/c1-11-2-5-13(6-3-11)22-10-16(21)20-19-9-12-4-7-14(17)15(18)8-12/h2-9H,10H2,1H3,(H,20,21)/b19-9+. The number of nitrogens with one attached hydrogen (secondary N) is 1. The quantitative estimate of drug-likeness (QED) is 0.666. The topological polar surface area (TPSA) is 50.7 Å². The second-order valence-corrected chi connectivity index (χ2v) is 5.38. The van der Waals surface area contributed by atoms with Crippen molar-refractivity contribution >= 4 is 35.3 Å². The lowest BCUT2D eigenvalue weighted by Gasteiger charge is -2.05. The summed E-state index contributed by atoms with van der Waals surface area (Å²) >= 11 is 11.7. The molecule has 2 rings (SSSR count). The van der Waals surface area contributed by atoms with Crippen LogP contribution in [0.3, 0.4) is 0 Å². The number of benzene rings is 2. The summed E-state index contributed by atoms with van der Waals surface area (Å²) in [6.45, 7) is 1.87. The zero-order chi connectivity index (χ0) is 15.9. The Bertz CT molecular complexity index is 685. The van der Waals surface area contributed by atoms with E-state index < -0.39 is 0 Å². The number of carbonyl (C=O) groups is 1. The molecule has 0 aromatic heterocycles. The minimum absolute atomic E-state index is 0.109. The van der Waals surface area contributed by atoms with Crippen LogP contribution >= 0.6 is 23.2 Å². The number of aryl methyl sites for hydroxylation is 1. The Morgan fingerprint density at radius 2 is 1.91 bits per heavy atom. The van der Waals surface area contributed by atoms with Crippen molar-refractivity contribution in [3.63, 3.8) is 0 Å². The molecule has 4 nitrogen and oxygen atoms in total. The molecule has 0 aliphatic rings. The van der Waals surface area contributed by atoms with Gasteiger partial charge >= 0.3 is 0 Å². The van der Waals surface area contributed by atoms with E-state index in [-0.39, 0.29) is 12.5 Å². The first-order valence-corrected chi connectivity index (χ1v) is 7.26. The summed E-state index contributed by atoms with van der Waals surface area (Å²) in [4.78, 5) is 11.6. The summed E-state index contributed by atoms with van der Waals surface area (Å²) < 4.78 is 5.34. The van der Waals surface area contributed by atoms with Crippen LogP contribution in [0, 0.1) is 6.92 Å². The lowest BCUT2D eigenvalue weighted by Crippen LogP contribution is -2.24. The molecule has 114 valence electrons. The molecule has 2 aromatic carbocycles. The van der Waals surface area contributed by atoms with E-state index >= 15 is 0 Å². The lowest BCUT2D eigenvalue weighted by atomic mass is 10.2. The predicted octanol–water partition coefficient (Wildman–Crippen LogP) is 3.83. The van der Waals surface area contributed by atoms with Crippen molar-refractivity contribution in [3.8, 4) is 5.75 Å². The van der Waals surface area contributed by atoms with Gasteiger partial charge in [-0.2, -0.15) is 5.10 Å². The van der Waals surface area contributed by atoms with Crippen LogP contribution in [0.5, 0.6) is 5.75 Å². The highest BCUT2D eigenvalue weighted by molar-refractivity contribution is 6.42. The van der Waals surface area contributed by atoms with Crippen LogP contribution in [0.2, 0.25) is 10.0 Å². The average molecular weight is 337 g/mol. The summed E-state index contributed by atoms with van der Waals surface area (Å²) in [7, 11) is 0. The third-order valence-corrected chi connectivity index (χ3v) is 3.48. The molecule has 0 saturated carbocycles. The van der Waals surface area contributed by atoms with Gasteiger partial charge in [0.2, 0.25) is 0 Å². The zero-order valence-corrected chi connectivity index (χ0v) is 13.4. The number of ether oxygens (including phenoxy) is 1. The van der Waals surface area contributed by atoms with Gasteiger partial charge in [-0.1, -0.05) is 47.0 Å². The largest absolute Gasteiger partial charge is 0.484 e. The molecule has 0 saturated heterocycles. The second-order valence-electron chi connectivity index (χ2n) is 4.57. The predicted molar refractivity (Wildman–Crippen MR) is 88.9 cm³/mol. The van der Waals surface area contributed by atoms with E-state index in [1.807, 2.05) is 31.2 Å². The monoisotopic (exact) mass is 336 g/mol. The Kier molecular flexibility index (Phi) is 5.81. The fraction of sp³-hybridized carbons (Fsp3) is 0.125. The molecular weight excluding hydrogens is 323 g/mol. The number of carbonyl (C=O) groups excluding carboxylic acids is 1. The van der Waals surface area contributed by atoms with Crippen LogP contribution in [0.25, 0.3) is 0 Å². The Morgan fingerprint density at radius 3 is 2.59 bits per heavy atom. The molecule has 0 bridgehead atoms. The highest BCUT2D eigenvalue weighted by Crippen LogP contribution is 2.21. The zero-order valence-electron chi connectivity index (χ0n) is 11.8. The van der Waals surface area contributed by atoms with Crippen LogP contribution in [0.1, 0.15) is 11.1 Å². The van der Waals surface area contributed by atoms with Gasteiger partial charge in [-0.3, -0.25) is 4.79 Å². The van der Waals surface area contributed by atoms with Crippen molar-refractivity contribution in [1.82, 2.24) is 5.43 Å². The van der Waals surface area contributed by atoms with Gasteiger partial charge < -0.3 is 4.74 Å². The third kappa shape index (κ3) is 5.06. The molecule has 22 heavy (non-hydrogen) atoms. The van der Waals surface area contributed by atoms with Crippen molar-refractivity contribution < 1.29 is 9.53 Å². The fourth-order valence-corrected chi connectivity index (χ4v) is 1.89. The van der Waals surface area contributed by atoms with E-state index in [1.165, 1.54) is 6.21 Å². The maximum Gasteiger partial charge on any atom is 0.277 e. The summed E-state index contributed by atoms with van der Waals surface area (Å²) in [6, 6.07) is 12.5. The molecule has 6 heteroatoms. The molecule has 1 N–H and O–H groups in total. The van der Waals surface area contributed by atoms with Crippen LogP contribution in [0.15, 0.2) is 47.6 Å². The average Bonchev–Trinajstić information content (AvgIpc) is 2.50. The number of hydrogen-bond acceptors (Lipinski definition) is 3. The number of halogens is 2. The summed E-state index contributed by atoms with van der Waals surface area (Å²) in [5.41, 5.74) is 4.23. The Hall–Kier alpha value is -2.04.